The van der Waals surface area contributed by atoms with Crippen molar-refractivity contribution >= 4 is 47.6 Å². The van der Waals surface area contributed by atoms with Crippen LogP contribution in [0, 0.1) is 0 Å². The summed E-state index contributed by atoms with van der Waals surface area (Å²) >= 11 is 12.2. The van der Waals surface area contributed by atoms with Gasteiger partial charge in [0.1, 0.15) is 11.5 Å². The molecule has 8 heteroatoms. The summed E-state index contributed by atoms with van der Waals surface area (Å²) in [6.07, 6.45) is 0. The van der Waals surface area contributed by atoms with Gasteiger partial charge in [0, 0.05) is 11.6 Å². The molecule has 5 nitrogen and oxygen atoms in total. The monoisotopic (exact) mass is 461 g/mol. The third-order valence-corrected chi connectivity index (χ3v) is 6.43. The van der Waals surface area contributed by atoms with Gasteiger partial charge in [-0.25, -0.2) is 0 Å². The molecule has 0 saturated heterocycles. The number of methoxy groups -OCH3 is 2. The van der Waals surface area contributed by atoms with Gasteiger partial charge < -0.3 is 9.47 Å². The summed E-state index contributed by atoms with van der Waals surface area (Å²) in [7, 11) is 0.277. The Morgan fingerprint density at radius 2 is 1.50 bits per heavy atom. The molecule has 0 N–H and O–H groups in total. The van der Waals surface area contributed by atoms with Crippen molar-refractivity contribution in [3.8, 4) is 11.5 Å². The zero-order valence-corrected chi connectivity index (χ0v) is 18.4. The highest BCUT2D eigenvalue weighted by Gasteiger charge is 2.27. The molecule has 0 fully saturated rings. The van der Waals surface area contributed by atoms with E-state index in [4.69, 9.17) is 32.7 Å². The number of rotatable bonds is 7. The highest BCUT2D eigenvalue weighted by atomic mass is 35.5. The Morgan fingerprint density at radius 3 is 2.13 bits per heavy atom. The Hall–Kier alpha value is -2.72. The van der Waals surface area contributed by atoms with Crippen molar-refractivity contribution in [2.45, 2.75) is 0 Å². The maximum absolute atomic E-state index is 13.2. The van der Waals surface area contributed by atoms with Gasteiger partial charge in [-0.15, -0.1) is 0 Å². The minimum atomic E-state index is -2.66. The number of hydrogen-bond donors (Lipinski definition) is 0. The van der Waals surface area contributed by atoms with Crippen molar-refractivity contribution in [1.82, 2.24) is 0 Å². The lowest BCUT2D eigenvalue weighted by atomic mass is 10.0. The molecule has 0 saturated carbocycles. The van der Waals surface area contributed by atoms with Gasteiger partial charge in [0.15, 0.2) is 13.6 Å². The summed E-state index contributed by atoms with van der Waals surface area (Å²) in [6, 6.07) is 15.5. The first-order valence-corrected chi connectivity index (χ1v) is 10.7. The van der Waals surface area contributed by atoms with Crippen molar-refractivity contribution < 1.29 is 23.6 Å². The van der Waals surface area contributed by atoms with Gasteiger partial charge in [-0.2, -0.15) is 0 Å². The van der Waals surface area contributed by atoms with Crippen LogP contribution in [-0.2, 0) is 4.57 Å². The largest absolute Gasteiger partial charge is 0.497 e. The fraction of sp³-hybridized carbons (Fsp3) is 0.0909. The molecule has 0 spiro atoms. The van der Waals surface area contributed by atoms with Crippen LogP contribution in [0.3, 0.4) is 0 Å². The first-order chi connectivity index (χ1) is 14.4. The lowest BCUT2D eigenvalue weighted by molar-refractivity contribution is 0.103. The second-order valence-corrected chi connectivity index (χ2v) is 8.40. The third kappa shape index (κ3) is 4.24. The predicted octanol–water partition coefficient (Wildman–Crippen LogP) is 5.53. The summed E-state index contributed by atoms with van der Waals surface area (Å²) in [5.41, 5.74) is -0.412. The van der Waals surface area contributed by atoms with Crippen LogP contribution in [0.1, 0.15) is 26.3 Å². The van der Waals surface area contributed by atoms with Crippen molar-refractivity contribution in [3.63, 3.8) is 0 Å². The highest BCUT2D eigenvalue weighted by Crippen LogP contribution is 2.36. The highest BCUT2D eigenvalue weighted by molar-refractivity contribution is 7.71. The molecule has 0 aromatic heterocycles. The summed E-state index contributed by atoms with van der Waals surface area (Å²) < 4.78 is 23.6. The summed E-state index contributed by atoms with van der Waals surface area (Å²) in [4.78, 5) is 26.1. The molecule has 0 amide bonds. The fourth-order valence-corrected chi connectivity index (χ4v) is 4.87. The molecular weight excluding hydrogens is 446 g/mol. The number of carbonyl (C=O) groups is 2. The molecule has 1 atom stereocenters. The van der Waals surface area contributed by atoms with Crippen LogP contribution in [0.4, 0.5) is 0 Å². The van der Waals surface area contributed by atoms with Crippen LogP contribution in [0.2, 0.25) is 10.0 Å². The fourth-order valence-electron chi connectivity index (χ4n) is 2.89. The van der Waals surface area contributed by atoms with Gasteiger partial charge in [-0.1, -0.05) is 41.4 Å². The number of ketones is 1. The Balaban J connectivity index is 2.06. The molecule has 1 radical (unpaired) electrons. The SMILES string of the molecule is COc1ccc(C(=O)c2ccccc2[P](=O)C(=O)c2c(Cl)cccc2Cl)c(OC)c1. The molecule has 0 aliphatic heterocycles. The van der Waals surface area contributed by atoms with Crippen molar-refractivity contribution in [3.05, 3.63) is 87.4 Å². The van der Waals surface area contributed by atoms with Crippen LogP contribution < -0.4 is 14.8 Å². The number of benzene rings is 3. The molecular formula is C22H16Cl2O5P. The Kier molecular flexibility index (Phi) is 6.88. The molecule has 0 aliphatic rings. The minimum absolute atomic E-state index is 0.0359. The zero-order chi connectivity index (χ0) is 21.8. The second kappa shape index (κ2) is 9.40. The summed E-state index contributed by atoms with van der Waals surface area (Å²) in [6.45, 7) is 0. The van der Waals surface area contributed by atoms with E-state index in [0.717, 1.165) is 0 Å². The first kappa shape index (κ1) is 22.0. The minimum Gasteiger partial charge on any atom is -0.497 e. The van der Waals surface area contributed by atoms with Crippen LogP contribution in [-0.4, -0.2) is 25.5 Å². The quantitative estimate of drug-likeness (QED) is 0.341. The van der Waals surface area contributed by atoms with E-state index in [0.29, 0.717) is 11.5 Å². The smallest absolute Gasteiger partial charge is 0.249 e. The van der Waals surface area contributed by atoms with Crippen molar-refractivity contribution in [2.24, 2.45) is 0 Å². The predicted molar refractivity (Wildman–Crippen MR) is 117 cm³/mol. The van der Waals surface area contributed by atoms with Crippen molar-refractivity contribution in [1.29, 1.82) is 0 Å². The summed E-state index contributed by atoms with van der Waals surface area (Å²) in [5.74, 6) is 0.377. The topological polar surface area (TPSA) is 69.7 Å². The average Bonchev–Trinajstić information content (AvgIpc) is 2.77. The van der Waals surface area contributed by atoms with Crippen LogP contribution in [0.25, 0.3) is 0 Å². The molecule has 1 unspecified atom stereocenters. The van der Waals surface area contributed by atoms with Crippen LogP contribution in [0.15, 0.2) is 60.7 Å². The van der Waals surface area contributed by atoms with Gasteiger partial charge >= 0.3 is 0 Å². The van der Waals surface area contributed by atoms with Gasteiger partial charge in [0.05, 0.1) is 40.7 Å². The lowest BCUT2D eigenvalue weighted by Crippen LogP contribution is -2.16. The second-order valence-electron chi connectivity index (χ2n) is 6.11. The maximum atomic E-state index is 13.2. The molecule has 3 aromatic rings. The van der Waals surface area contributed by atoms with E-state index in [2.05, 4.69) is 0 Å². The van der Waals surface area contributed by atoms with E-state index in [1.54, 1.807) is 36.4 Å². The molecule has 30 heavy (non-hydrogen) atoms. The Bertz CT molecular complexity index is 1140. The molecule has 0 aliphatic carbocycles. The van der Waals surface area contributed by atoms with E-state index < -0.39 is 19.1 Å². The number of hydrogen-bond acceptors (Lipinski definition) is 5. The number of carbonyl (C=O) groups excluding carboxylic acids is 2. The van der Waals surface area contributed by atoms with Crippen LogP contribution in [0.5, 0.6) is 11.5 Å². The molecule has 153 valence electrons. The van der Waals surface area contributed by atoms with E-state index in [1.807, 2.05) is 0 Å². The zero-order valence-electron chi connectivity index (χ0n) is 16.0. The number of halogens is 2. The van der Waals surface area contributed by atoms with Crippen LogP contribution >= 0.6 is 31.0 Å². The molecule has 3 rings (SSSR count). The van der Waals surface area contributed by atoms with E-state index in [9.17, 15) is 14.2 Å². The van der Waals surface area contributed by atoms with Gasteiger partial charge in [0.2, 0.25) is 5.52 Å². The molecule has 3 aromatic carbocycles. The normalized spacial score (nSPS) is 11.0. The Morgan fingerprint density at radius 1 is 0.833 bits per heavy atom. The van der Waals surface area contributed by atoms with E-state index in [1.165, 1.54) is 38.5 Å². The molecule has 0 bridgehead atoms. The first-order valence-electron chi connectivity index (χ1n) is 8.70. The third-order valence-electron chi connectivity index (χ3n) is 4.38. The average molecular weight is 462 g/mol. The maximum Gasteiger partial charge on any atom is 0.249 e. The number of ether oxygens (including phenoxy) is 2. The van der Waals surface area contributed by atoms with Crippen molar-refractivity contribution in [2.75, 3.05) is 14.2 Å². The van der Waals surface area contributed by atoms with Gasteiger partial charge in [-0.05, 0) is 36.4 Å². The van der Waals surface area contributed by atoms with E-state index in [-0.39, 0.29) is 32.0 Å². The van der Waals surface area contributed by atoms with E-state index >= 15 is 0 Å². The lowest BCUT2D eigenvalue weighted by Gasteiger charge is -2.12. The summed E-state index contributed by atoms with van der Waals surface area (Å²) in [5, 5.41) is 0.282. The van der Waals surface area contributed by atoms with Gasteiger partial charge in [0.25, 0.3) is 0 Å². The standard InChI is InChI=1S/C22H16Cl2O5P/c1-28-13-10-11-14(18(12-13)29-2)21(25)15-6-3-4-9-19(15)30(27)22(26)20-16(23)7-5-8-17(20)24/h3-12H,1-2H3. The Labute approximate surface area is 184 Å². The van der Waals surface area contributed by atoms with Gasteiger partial charge in [-0.3, -0.25) is 14.2 Å². The molecule has 0 heterocycles.